The maximum absolute atomic E-state index is 7.29. The van der Waals surface area contributed by atoms with Gasteiger partial charge in [-0.1, -0.05) is 19.3 Å². The molecule has 3 atom stereocenters. The molecule has 35 heavy (non-hydrogen) atoms. The molecule has 176 valence electrons. The third-order valence-corrected chi connectivity index (χ3v) is 10.2. The van der Waals surface area contributed by atoms with Crippen LogP contribution in [0.4, 0.5) is 17.1 Å². The van der Waals surface area contributed by atoms with Crippen LogP contribution in [-0.4, -0.2) is 24.0 Å². The second-order valence-electron chi connectivity index (χ2n) is 11.0. The molecule has 3 unspecified atom stereocenters. The summed E-state index contributed by atoms with van der Waals surface area (Å²) >= 11 is 1.81. The number of nitrogens with two attached hydrogens (primary N) is 1. The SMILES string of the molecule is CN1c2cc3sccc3cc2C2(CC3CCCC(C3)C2)C12C=Nc1cc(N)c3ncccc3c1O2. The molecule has 6 heteroatoms. The van der Waals surface area contributed by atoms with Gasteiger partial charge in [0.25, 0.3) is 0 Å². The lowest BCUT2D eigenvalue weighted by Gasteiger charge is -2.54. The van der Waals surface area contributed by atoms with Crippen molar-refractivity contribution in [2.75, 3.05) is 17.7 Å². The van der Waals surface area contributed by atoms with E-state index in [1.54, 1.807) is 6.20 Å². The first-order valence-corrected chi connectivity index (χ1v) is 13.6. The fraction of sp³-hybridized carbons (Fsp3) is 0.379. The van der Waals surface area contributed by atoms with Crippen LogP contribution >= 0.6 is 11.3 Å². The Morgan fingerprint density at radius 2 is 2.00 bits per heavy atom. The molecule has 2 spiro atoms. The summed E-state index contributed by atoms with van der Waals surface area (Å²) < 4.78 is 8.62. The van der Waals surface area contributed by atoms with Crippen molar-refractivity contribution in [2.45, 2.75) is 49.7 Å². The molecule has 0 saturated heterocycles. The van der Waals surface area contributed by atoms with Crippen molar-refractivity contribution in [1.29, 1.82) is 0 Å². The van der Waals surface area contributed by atoms with Gasteiger partial charge in [0.15, 0.2) is 5.75 Å². The Morgan fingerprint density at radius 3 is 2.86 bits per heavy atom. The van der Waals surface area contributed by atoms with Crippen molar-refractivity contribution in [3.05, 3.63) is 53.5 Å². The number of likely N-dealkylation sites (N-methyl/N-ethyl adjacent to an activating group) is 1. The first-order chi connectivity index (χ1) is 17.1. The lowest BCUT2D eigenvalue weighted by molar-refractivity contribution is -0.00528. The van der Waals surface area contributed by atoms with E-state index in [4.69, 9.17) is 15.5 Å². The molecule has 2 bridgehead atoms. The summed E-state index contributed by atoms with van der Waals surface area (Å²) in [5, 5.41) is 4.48. The minimum Gasteiger partial charge on any atom is -0.459 e. The van der Waals surface area contributed by atoms with Crippen LogP contribution in [0, 0.1) is 11.8 Å². The molecule has 2 aliphatic heterocycles. The summed E-state index contributed by atoms with van der Waals surface area (Å²) in [5.41, 5.74) is 10.5. The lowest BCUT2D eigenvalue weighted by atomic mass is 9.55. The van der Waals surface area contributed by atoms with Gasteiger partial charge in [0.1, 0.15) is 5.69 Å². The molecule has 5 nitrogen and oxygen atoms in total. The van der Waals surface area contributed by atoms with Crippen LogP contribution in [0.15, 0.2) is 53.0 Å². The van der Waals surface area contributed by atoms with E-state index in [0.717, 1.165) is 47.0 Å². The van der Waals surface area contributed by atoms with Gasteiger partial charge >= 0.3 is 0 Å². The van der Waals surface area contributed by atoms with E-state index in [2.05, 4.69) is 52.8 Å². The Hall–Kier alpha value is -3.12. The van der Waals surface area contributed by atoms with Crippen molar-refractivity contribution in [3.63, 3.8) is 0 Å². The molecule has 4 heterocycles. The van der Waals surface area contributed by atoms with Gasteiger partial charge in [0.05, 0.1) is 22.8 Å². The normalized spacial score (nSPS) is 30.7. The summed E-state index contributed by atoms with van der Waals surface area (Å²) in [5.74, 6) is 2.28. The van der Waals surface area contributed by atoms with Gasteiger partial charge in [0, 0.05) is 29.0 Å². The maximum atomic E-state index is 7.29. The van der Waals surface area contributed by atoms with Crippen molar-refractivity contribution in [3.8, 4) is 5.75 Å². The zero-order chi connectivity index (χ0) is 23.4. The molecule has 8 rings (SSSR count). The third kappa shape index (κ3) is 2.48. The number of anilines is 2. The molecule has 2 N–H and O–H groups in total. The topological polar surface area (TPSA) is 63.7 Å². The van der Waals surface area contributed by atoms with Crippen LogP contribution in [-0.2, 0) is 5.41 Å². The van der Waals surface area contributed by atoms with E-state index in [0.29, 0.717) is 5.69 Å². The minimum absolute atomic E-state index is 0.141. The van der Waals surface area contributed by atoms with Gasteiger partial charge in [-0.2, -0.15) is 0 Å². The molecule has 2 aromatic heterocycles. The minimum atomic E-state index is -0.668. The zero-order valence-electron chi connectivity index (χ0n) is 19.8. The third-order valence-electron chi connectivity index (χ3n) is 9.28. The molecule has 4 aliphatic rings. The maximum Gasteiger partial charge on any atom is 0.229 e. The second-order valence-corrected chi connectivity index (χ2v) is 12.0. The molecular weight excluding hydrogens is 452 g/mol. The highest BCUT2D eigenvalue weighted by Crippen LogP contribution is 2.64. The van der Waals surface area contributed by atoms with E-state index in [9.17, 15) is 0 Å². The summed E-state index contributed by atoms with van der Waals surface area (Å²) in [6, 6.07) is 13.0. The van der Waals surface area contributed by atoms with Gasteiger partial charge in [-0.25, -0.2) is 0 Å². The van der Waals surface area contributed by atoms with Crippen LogP contribution in [0.5, 0.6) is 5.75 Å². The van der Waals surface area contributed by atoms with Crippen LogP contribution in [0.2, 0.25) is 0 Å². The van der Waals surface area contributed by atoms with Crippen LogP contribution < -0.4 is 15.4 Å². The Morgan fingerprint density at radius 1 is 1.14 bits per heavy atom. The van der Waals surface area contributed by atoms with Gasteiger partial charge < -0.3 is 15.4 Å². The van der Waals surface area contributed by atoms with Crippen LogP contribution in [0.1, 0.15) is 44.1 Å². The Balaban J connectivity index is 1.40. The van der Waals surface area contributed by atoms with E-state index < -0.39 is 5.72 Å². The highest BCUT2D eigenvalue weighted by Gasteiger charge is 2.66. The number of hydrogen-bond acceptors (Lipinski definition) is 6. The molecule has 4 aromatic rings. The fourth-order valence-corrected chi connectivity index (χ4v) is 8.67. The molecule has 0 radical (unpaired) electrons. The number of nitrogens with zero attached hydrogens (tertiary/aromatic N) is 3. The number of fused-ring (bicyclic) bond motifs is 9. The van der Waals surface area contributed by atoms with Crippen molar-refractivity contribution in [2.24, 2.45) is 16.8 Å². The lowest BCUT2D eigenvalue weighted by Crippen LogP contribution is -2.65. The number of aliphatic imine (C=N–C) groups is 1. The quantitative estimate of drug-likeness (QED) is 0.281. The van der Waals surface area contributed by atoms with Crippen LogP contribution in [0.25, 0.3) is 21.0 Å². The number of benzene rings is 2. The first kappa shape index (κ1) is 20.1. The summed E-state index contributed by atoms with van der Waals surface area (Å²) in [4.78, 5) is 12.0. The molecular formula is C29H28N4OS. The fourth-order valence-electron chi connectivity index (χ4n) is 7.86. The van der Waals surface area contributed by atoms with Gasteiger partial charge in [-0.05, 0) is 83.8 Å². The van der Waals surface area contributed by atoms with Gasteiger partial charge in [-0.15, -0.1) is 11.3 Å². The van der Waals surface area contributed by atoms with Crippen molar-refractivity contribution in [1.82, 2.24) is 4.98 Å². The van der Waals surface area contributed by atoms with Gasteiger partial charge in [-0.3, -0.25) is 9.98 Å². The monoisotopic (exact) mass is 480 g/mol. The smallest absolute Gasteiger partial charge is 0.229 e. The second kappa shape index (κ2) is 6.76. The van der Waals surface area contributed by atoms with Crippen molar-refractivity contribution >= 4 is 55.6 Å². The summed E-state index contributed by atoms with van der Waals surface area (Å²) in [6.45, 7) is 0. The summed E-state index contributed by atoms with van der Waals surface area (Å²) in [6.07, 6.45) is 11.5. The molecule has 2 aromatic carbocycles. The average molecular weight is 481 g/mol. The van der Waals surface area contributed by atoms with Crippen molar-refractivity contribution < 1.29 is 4.74 Å². The number of nitrogen functional groups attached to an aromatic ring is 1. The number of aromatic nitrogens is 1. The molecule has 2 fully saturated rings. The van der Waals surface area contributed by atoms with E-state index in [1.807, 2.05) is 23.5 Å². The summed E-state index contributed by atoms with van der Waals surface area (Å²) in [7, 11) is 2.20. The van der Waals surface area contributed by atoms with E-state index >= 15 is 0 Å². The predicted molar refractivity (Wildman–Crippen MR) is 144 cm³/mol. The Bertz CT molecular complexity index is 1550. The Kier molecular flexibility index (Phi) is 3.88. The van der Waals surface area contributed by atoms with E-state index in [-0.39, 0.29) is 5.41 Å². The standard InChI is InChI=1S/C29H28N4OS/c1-33-24-13-25-19(7-9-35-25)11-21(24)28(14-17-4-2-5-18(10-17)15-28)29(33)16-32-23-12-22(30)26-20(27(23)34-29)6-3-8-31-26/h3,6-9,11-13,16-18H,2,4-5,10,14-15,30H2,1H3. The average Bonchev–Trinajstić information content (AvgIpc) is 3.40. The Labute approximate surface area is 208 Å². The molecule has 2 aliphatic carbocycles. The molecule has 0 amide bonds. The highest BCUT2D eigenvalue weighted by molar-refractivity contribution is 7.17. The van der Waals surface area contributed by atoms with Crippen LogP contribution in [0.3, 0.4) is 0 Å². The molecule has 2 saturated carbocycles. The predicted octanol–water partition coefficient (Wildman–Crippen LogP) is 6.81. The largest absolute Gasteiger partial charge is 0.459 e. The van der Waals surface area contributed by atoms with E-state index in [1.165, 1.54) is 47.0 Å². The number of hydrogen-bond donors (Lipinski definition) is 1. The first-order valence-electron chi connectivity index (χ1n) is 12.7. The number of ether oxygens (including phenoxy) is 1. The zero-order valence-corrected chi connectivity index (χ0v) is 20.6. The number of thiophene rings is 1. The number of rotatable bonds is 0. The van der Waals surface area contributed by atoms with Gasteiger partial charge in [0.2, 0.25) is 5.72 Å². The number of pyridine rings is 1. The highest BCUT2D eigenvalue weighted by atomic mass is 32.1.